The number of imide groups is 1. The van der Waals surface area contributed by atoms with Crippen LogP contribution in [0, 0.1) is 17.8 Å². The molecule has 3 fully saturated rings. The second kappa shape index (κ2) is 13.0. The number of hydrogen-bond donors (Lipinski definition) is 0. The Morgan fingerprint density at radius 2 is 1.75 bits per heavy atom. The maximum Gasteiger partial charge on any atom is 0.310 e. The van der Waals surface area contributed by atoms with Crippen molar-refractivity contribution in [1.29, 1.82) is 0 Å². The first-order valence-electron chi connectivity index (χ1n) is 15.3. The predicted octanol–water partition coefficient (Wildman–Crippen LogP) is 5.22. The van der Waals surface area contributed by atoms with E-state index in [2.05, 4.69) is 43.0 Å². The van der Waals surface area contributed by atoms with Crippen LogP contribution in [0.1, 0.15) is 71.6 Å². The third-order valence-corrected chi connectivity index (χ3v) is 10.0. The average Bonchev–Trinajstić information content (AvgIpc) is 3.49. The Bertz CT molecular complexity index is 1160. The van der Waals surface area contributed by atoms with E-state index in [0.29, 0.717) is 25.6 Å². The number of benzene rings is 1. The average molecular weight is 570 g/mol. The molecule has 0 bridgehead atoms. The maximum absolute atomic E-state index is 12.9. The summed E-state index contributed by atoms with van der Waals surface area (Å²) in [5.74, 6) is 1.48. The molecule has 2 amide bonds. The molecule has 2 aliphatic heterocycles. The third-order valence-electron chi connectivity index (χ3n) is 9.20. The van der Waals surface area contributed by atoms with Crippen LogP contribution in [-0.4, -0.2) is 77.5 Å². The van der Waals surface area contributed by atoms with Gasteiger partial charge >= 0.3 is 5.97 Å². The minimum absolute atomic E-state index is 0.0537. The van der Waals surface area contributed by atoms with Crippen LogP contribution in [0.5, 0.6) is 0 Å². The first-order chi connectivity index (χ1) is 19.4. The number of nitrogens with zero attached hydrogens (tertiary/aromatic N) is 4. The molecule has 3 heterocycles. The largest absolute Gasteiger partial charge is 0.415 e. The van der Waals surface area contributed by atoms with Gasteiger partial charge in [-0.15, -0.1) is 0 Å². The molecule has 218 valence electrons. The van der Waals surface area contributed by atoms with Crippen molar-refractivity contribution in [2.24, 2.45) is 17.8 Å². The van der Waals surface area contributed by atoms with Crippen molar-refractivity contribution in [1.82, 2.24) is 9.27 Å². The molecule has 1 aromatic carbocycles. The summed E-state index contributed by atoms with van der Waals surface area (Å²) in [4.78, 5) is 42.3. The number of hydrogen-bond acceptors (Lipinski definition) is 7. The molecule has 8 nitrogen and oxygen atoms in total. The summed E-state index contributed by atoms with van der Waals surface area (Å²) in [6, 6.07) is 8.37. The number of quaternary nitrogens is 1. The zero-order valence-corrected chi connectivity index (χ0v) is 25.0. The summed E-state index contributed by atoms with van der Waals surface area (Å²) in [7, 11) is 0. The van der Waals surface area contributed by atoms with Crippen molar-refractivity contribution in [2.45, 2.75) is 71.6 Å². The van der Waals surface area contributed by atoms with E-state index in [9.17, 15) is 14.4 Å². The van der Waals surface area contributed by atoms with E-state index in [-0.39, 0.29) is 29.6 Å². The number of piperazine rings is 1. The molecule has 3 aliphatic rings. The number of carbonyl (C=O) groups excluding carboxylic acids is 3. The van der Waals surface area contributed by atoms with Crippen LogP contribution < -0.4 is 4.90 Å². The Morgan fingerprint density at radius 3 is 2.45 bits per heavy atom. The van der Waals surface area contributed by atoms with Gasteiger partial charge < -0.3 is 9.64 Å². The van der Waals surface area contributed by atoms with Crippen LogP contribution in [0.15, 0.2) is 24.3 Å². The summed E-state index contributed by atoms with van der Waals surface area (Å²) < 4.78 is 12.6. The highest BCUT2D eigenvalue weighted by Gasteiger charge is 2.47. The molecule has 1 aromatic heterocycles. The van der Waals surface area contributed by atoms with Crippen molar-refractivity contribution in [3.05, 3.63) is 24.3 Å². The molecule has 1 aliphatic carbocycles. The number of anilines is 1. The summed E-state index contributed by atoms with van der Waals surface area (Å²) in [6.07, 6.45) is 7.86. The van der Waals surface area contributed by atoms with Crippen molar-refractivity contribution in [3.8, 4) is 0 Å². The van der Waals surface area contributed by atoms with E-state index >= 15 is 0 Å². The molecule has 0 radical (unpaired) electrons. The highest BCUT2D eigenvalue weighted by atomic mass is 32.1. The van der Waals surface area contributed by atoms with Gasteiger partial charge in [0.2, 0.25) is 18.5 Å². The number of likely N-dealkylation sites (tertiary alicyclic amines) is 1. The van der Waals surface area contributed by atoms with Crippen LogP contribution >= 0.6 is 11.5 Å². The second-order valence-electron chi connectivity index (χ2n) is 12.5. The van der Waals surface area contributed by atoms with Crippen LogP contribution in [0.2, 0.25) is 0 Å². The van der Waals surface area contributed by atoms with Gasteiger partial charge in [0.15, 0.2) is 5.82 Å². The summed E-state index contributed by atoms with van der Waals surface area (Å²) >= 11 is 1.54. The monoisotopic (exact) mass is 569 g/mol. The Labute approximate surface area is 242 Å². The van der Waals surface area contributed by atoms with Gasteiger partial charge in [0, 0.05) is 18.4 Å². The van der Waals surface area contributed by atoms with Crippen LogP contribution in [0.4, 0.5) is 5.82 Å². The quantitative estimate of drug-likeness (QED) is 0.151. The summed E-state index contributed by atoms with van der Waals surface area (Å²) in [5, 5.41) is 1.20. The van der Waals surface area contributed by atoms with E-state index in [1.54, 1.807) is 16.4 Å². The van der Waals surface area contributed by atoms with Crippen LogP contribution in [-0.2, 0) is 19.1 Å². The normalized spacial score (nSPS) is 22.8. The van der Waals surface area contributed by atoms with Crippen LogP contribution in [0.25, 0.3) is 10.1 Å². The number of fused-ring (bicyclic) bond motifs is 2. The lowest BCUT2D eigenvalue weighted by atomic mass is 9.81. The Balaban J connectivity index is 1.18. The van der Waals surface area contributed by atoms with Gasteiger partial charge in [-0.25, -0.2) is 0 Å². The highest BCUT2D eigenvalue weighted by molar-refractivity contribution is 7.13. The molecule has 5 rings (SSSR count). The number of unbranched alkanes of at least 4 members (excludes halogenated alkanes) is 1. The van der Waals surface area contributed by atoms with Gasteiger partial charge in [-0.1, -0.05) is 45.2 Å². The van der Waals surface area contributed by atoms with E-state index < -0.39 is 0 Å². The molecule has 2 aromatic rings. The minimum Gasteiger partial charge on any atom is -0.415 e. The Morgan fingerprint density at radius 1 is 1.05 bits per heavy atom. The Hall–Kier alpha value is -2.52. The minimum atomic E-state index is -0.109. The van der Waals surface area contributed by atoms with Crippen molar-refractivity contribution in [3.63, 3.8) is 0 Å². The van der Waals surface area contributed by atoms with E-state index in [1.165, 1.54) is 10.1 Å². The number of carbonyl (C=O) groups is 3. The van der Waals surface area contributed by atoms with E-state index in [0.717, 1.165) is 94.4 Å². The zero-order valence-electron chi connectivity index (χ0n) is 24.2. The highest BCUT2D eigenvalue weighted by Crippen LogP contribution is 2.38. The third kappa shape index (κ3) is 6.51. The predicted molar refractivity (Wildman–Crippen MR) is 158 cm³/mol. The molecule has 0 spiro atoms. The smallest absolute Gasteiger partial charge is 0.310 e. The van der Waals surface area contributed by atoms with Crippen molar-refractivity contribution < 1.29 is 23.6 Å². The molecule has 9 heteroatoms. The molecule has 0 N–H and O–H groups in total. The van der Waals surface area contributed by atoms with Crippen molar-refractivity contribution in [2.75, 3.05) is 50.9 Å². The van der Waals surface area contributed by atoms with E-state index in [4.69, 9.17) is 9.11 Å². The van der Waals surface area contributed by atoms with Gasteiger partial charge in [0.25, 0.3) is 0 Å². The van der Waals surface area contributed by atoms with E-state index in [1.807, 2.05) is 0 Å². The summed E-state index contributed by atoms with van der Waals surface area (Å²) in [6.45, 7) is 9.56. The molecular formula is C31H45N4O4S+. The maximum atomic E-state index is 12.9. The number of aromatic nitrogens is 1. The number of amides is 2. The first-order valence-corrected chi connectivity index (χ1v) is 16.1. The molecule has 2 saturated heterocycles. The molecule has 2 atom stereocenters. The van der Waals surface area contributed by atoms with Gasteiger partial charge in [0.1, 0.15) is 0 Å². The Kier molecular flexibility index (Phi) is 9.41. The standard InChI is InChI=1S/C31H45N4O4S/c1-23(2)10-9-15-28(36)39-22-35(19-8-7-16-34-30(37)24-11-3-4-12-25(24)31(34)38)20-17-33(18-21-35)29-26-13-5-6-14-27(26)40-32-29/h5-6,13-14,23-25H,3-4,7-12,15-22H2,1-2H3/q+1. The number of esters is 1. The van der Waals surface area contributed by atoms with Gasteiger partial charge in [-0.3, -0.25) is 23.8 Å². The lowest BCUT2D eigenvalue weighted by Gasteiger charge is -2.44. The fourth-order valence-corrected chi connectivity index (χ4v) is 7.52. The lowest BCUT2D eigenvalue weighted by Crippen LogP contribution is -2.61. The summed E-state index contributed by atoms with van der Waals surface area (Å²) in [5.41, 5.74) is 0. The molecule has 40 heavy (non-hydrogen) atoms. The molecular weight excluding hydrogens is 524 g/mol. The fourth-order valence-electron chi connectivity index (χ4n) is 6.72. The van der Waals surface area contributed by atoms with Crippen LogP contribution in [0.3, 0.4) is 0 Å². The fraction of sp³-hybridized carbons (Fsp3) is 0.677. The lowest BCUT2D eigenvalue weighted by molar-refractivity contribution is -0.944. The topological polar surface area (TPSA) is 79.8 Å². The number of ether oxygens (including phenoxy) is 1. The SMILES string of the molecule is CC(C)CCCC(=O)OC[N+]1(CCCCN2C(=O)C3CCCCC3C2=O)CCN(c2nsc3ccccc23)CC1. The molecule has 2 unspecified atom stereocenters. The van der Waals surface area contributed by atoms with Gasteiger partial charge in [-0.05, 0) is 61.7 Å². The molecule has 1 saturated carbocycles. The van der Waals surface area contributed by atoms with Gasteiger partial charge in [0.05, 0.1) is 49.3 Å². The number of rotatable bonds is 12. The second-order valence-corrected chi connectivity index (χ2v) is 13.3. The van der Waals surface area contributed by atoms with Crippen molar-refractivity contribution >= 4 is 45.2 Å². The van der Waals surface area contributed by atoms with Gasteiger partial charge in [-0.2, -0.15) is 4.37 Å². The first kappa shape index (κ1) is 29.0. The zero-order chi connectivity index (χ0) is 28.1.